The SMILES string of the molecule is CCc1ccc(O[C@@H](C)CCOc2ccc(CCC(=O)OC)c(C)c2)c(S(=O)(=O)c2ccccc2)c1. The van der Waals surface area contributed by atoms with Crippen LogP contribution in [-0.2, 0) is 32.2 Å². The summed E-state index contributed by atoms with van der Waals surface area (Å²) in [4.78, 5) is 11.8. The molecule has 6 nitrogen and oxygen atoms in total. The molecule has 0 N–H and O–H groups in total. The van der Waals surface area contributed by atoms with Gasteiger partial charge in [-0.3, -0.25) is 4.79 Å². The number of sulfone groups is 1. The van der Waals surface area contributed by atoms with E-state index in [4.69, 9.17) is 14.2 Å². The van der Waals surface area contributed by atoms with Crippen LogP contribution in [-0.4, -0.2) is 34.2 Å². The molecular weight excluding hydrogens is 476 g/mol. The standard InChI is InChI=1S/C29H34O6S/c1-5-23-11-15-27(28(20-23)36(31,32)26-9-7-6-8-10-26)35-22(3)17-18-34-25-14-12-24(21(2)19-25)13-16-29(30)33-4/h6-12,14-15,19-20,22H,5,13,16-18H2,1-4H3/t22-/m0/s1. The molecule has 0 radical (unpaired) electrons. The maximum Gasteiger partial charge on any atom is 0.305 e. The first kappa shape index (κ1) is 27.3. The summed E-state index contributed by atoms with van der Waals surface area (Å²) in [6.07, 6.45) is 2.00. The minimum Gasteiger partial charge on any atom is -0.493 e. The van der Waals surface area contributed by atoms with E-state index in [1.807, 2.05) is 45.0 Å². The molecule has 36 heavy (non-hydrogen) atoms. The Morgan fingerprint density at radius 3 is 2.42 bits per heavy atom. The summed E-state index contributed by atoms with van der Waals surface area (Å²) in [5.41, 5.74) is 3.05. The molecule has 0 saturated heterocycles. The van der Waals surface area contributed by atoms with Crippen LogP contribution in [0.4, 0.5) is 0 Å². The summed E-state index contributed by atoms with van der Waals surface area (Å²) < 4.78 is 43.4. The number of methoxy groups -OCH3 is 1. The Kier molecular flexibility index (Phi) is 9.53. The number of esters is 1. The molecule has 0 aliphatic carbocycles. The zero-order valence-electron chi connectivity index (χ0n) is 21.3. The lowest BCUT2D eigenvalue weighted by molar-refractivity contribution is -0.140. The molecule has 3 aromatic rings. The largest absolute Gasteiger partial charge is 0.493 e. The summed E-state index contributed by atoms with van der Waals surface area (Å²) in [6, 6.07) is 19.5. The first-order valence-electron chi connectivity index (χ1n) is 12.1. The summed E-state index contributed by atoms with van der Waals surface area (Å²) in [7, 11) is -2.33. The van der Waals surface area contributed by atoms with Gasteiger partial charge in [-0.05, 0) is 79.8 Å². The van der Waals surface area contributed by atoms with Crippen molar-refractivity contribution in [3.05, 3.63) is 83.4 Å². The van der Waals surface area contributed by atoms with Crippen LogP contribution < -0.4 is 9.47 Å². The summed E-state index contributed by atoms with van der Waals surface area (Å²) >= 11 is 0. The maximum absolute atomic E-state index is 13.3. The van der Waals surface area contributed by atoms with Crippen molar-refractivity contribution < 1.29 is 27.4 Å². The smallest absolute Gasteiger partial charge is 0.305 e. The Morgan fingerprint density at radius 1 is 1.00 bits per heavy atom. The molecule has 0 aromatic heterocycles. The quantitative estimate of drug-likeness (QED) is 0.290. The van der Waals surface area contributed by atoms with E-state index < -0.39 is 9.84 Å². The lowest BCUT2D eigenvalue weighted by Crippen LogP contribution is -2.17. The molecule has 0 saturated carbocycles. The molecule has 3 rings (SSSR count). The third kappa shape index (κ3) is 7.10. The molecule has 0 unspecified atom stereocenters. The molecule has 3 aromatic carbocycles. The normalized spacial score (nSPS) is 12.1. The first-order valence-corrected chi connectivity index (χ1v) is 13.6. The van der Waals surface area contributed by atoms with Crippen LogP contribution in [0.5, 0.6) is 11.5 Å². The third-order valence-corrected chi connectivity index (χ3v) is 7.81. The monoisotopic (exact) mass is 510 g/mol. The summed E-state index contributed by atoms with van der Waals surface area (Å²) in [5, 5.41) is 0. The van der Waals surface area contributed by atoms with Crippen molar-refractivity contribution in [2.45, 2.75) is 62.3 Å². The van der Waals surface area contributed by atoms with Gasteiger partial charge in [0.15, 0.2) is 0 Å². The van der Waals surface area contributed by atoms with Gasteiger partial charge in [0.05, 0.1) is 24.7 Å². The van der Waals surface area contributed by atoms with Crippen molar-refractivity contribution in [1.82, 2.24) is 0 Å². The number of carbonyl (C=O) groups excluding carboxylic acids is 1. The summed E-state index contributed by atoms with van der Waals surface area (Å²) in [5.74, 6) is 0.850. The molecule has 0 bridgehead atoms. The second-order valence-electron chi connectivity index (χ2n) is 8.68. The number of aryl methyl sites for hydroxylation is 3. The number of benzene rings is 3. The fraction of sp³-hybridized carbons (Fsp3) is 0.345. The second kappa shape index (κ2) is 12.6. The van der Waals surface area contributed by atoms with Crippen LogP contribution in [0.1, 0.15) is 43.4 Å². The number of hydrogen-bond acceptors (Lipinski definition) is 6. The first-order chi connectivity index (χ1) is 17.2. The van der Waals surface area contributed by atoms with E-state index in [9.17, 15) is 13.2 Å². The van der Waals surface area contributed by atoms with Gasteiger partial charge in [0.1, 0.15) is 16.4 Å². The van der Waals surface area contributed by atoms with Crippen LogP contribution in [0.15, 0.2) is 76.5 Å². The minimum absolute atomic E-state index is 0.180. The van der Waals surface area contributed by atoms with E-state index >= 15 is 0 Å². The minimum atomic E-state index is -3.72. The highest BCUT2D eigenvalue weighted by molar-refractivity contribution is 7.91. The van der Waals surface area contributed by atoms with Crippen molar-refractivity contribution in [2.75, 3.05) is 13.7 Å². The van der Waals surface area contributed by atoms with E-state index in [1.54, 1.807) is 42.5 Å². The van der Waals surface area contributed by atoms with Crippen molar-refractivity contribution in [3.8, 4) is 11.5 Å². The average molecular weight is 511 g/mol. The lowest BCUT2D eigenvalue weighted by atomic mass is 10.0. The van der Waals surface area contributed by atoms with Crippen LogP contribution in [0.2, 0.25) is 0 Å². The van der Waals surface area contributed by atoms with Crippen molar-refractivity contribution in [3.63, 3.8) is 0 Å². The van der Waals surface area contributed by atoms with Crippen molar-refractivity contribution in [2.24, 2.45) is 0 Å². The second-order valence-corrected chi connectivity index (χ2v) is 10.6. The molecular formula is C29H34O6S. The Labute approximate surface area is 214 Å². The van der Waals surface area contributed by atoms with E-state index in [0.717, 1.165) is 28.9 Å². The topological polar surface area (TPSA) is 78.9 Å². The van der Waals surface area contributed by atoms with Crippen LogP contribution >= 0.6 is 0 Å². The molecule has 0 aliphatic heterocycles. The van der Waals surface area contributed by atoms with Crippen LogP contribution in [0.25, 0.3) is 0 Å². The molecule has 1 atom stereocenters. The highest BCUT2D eigenvalue weighted by Crippen LogP contribution is 2.32. The van der Waals surface area contributed by atoms with Gasteiger partial charge in [-0.25, -0.2) is 8.42 Å². The molecule has 7 heteroatoms. The van der Waals surface area contributed by atoms with Crippen LogP contribution in [0.3, 0.4) is 0 Å². The Hall–Kier alpha value is -3.32. The van der Waals surface area contributed by atoms with Crippen LogP contribution in [0, 0.1) is 6.92 Å². The Balaban J connectivity index is 1.64. The van der Waals surface area contributed by atoms with Gasteiger partial charge in [0, 0.05) is 12.8 Å². The highest BCUT2D eigenvalue weighted by atomic mass is 32.2. The summed E-state index contributed by atoms with van der Waals surface area (Å²) in [6.45, 7) is 6.29. The predicted octanol–water partition coefficient (Wildman–Crippen LogP) is 5.73. The zero-order valence-corrected chi connectivity index (χ0v) is 22.1. The molecule has 192 valence electrons. The van der Waals surface area contributed by atoms with Gasteiger partial charge in [0.2, 0.25) is 9.84 Å². The number of carbonyl (C=O) groups is 1. The van der Waals surface area contributed by atoms with Crippen molar-refractivity contribution in [1.29, 1.82) is 0 Å². The van der Waals surface area contributed by atoms with E-state index in [-0.39, 0.29) is 21.9 Å². The van der Waals surface area contributed by atoms with E-state index in [1.165, 1.54) is 7.11 Å². The van der Waals surface area contributed by atoms with Gasteiger partial charge in [-0.1, -0.05) is 37.3 Å². The highest BCUT2D eigenvalue weighted by Gasteiger charge is 2.23. The number of hydrogen-bond donors (Lipinski definition) is 0. The molecule has 0 aliphatic rings. The van der Waals surface area contributed by atoms with Gasteiger partial charge in [-0.2, -0.15) is 0 Å². The van der Waals surface area contributed by atoms with Gasteiger partial charge < -0.3 is 14.2 Å². The van der Waals surface area contributed by atoms with E-state index in [2.05, 4.69) is 0 Å². The average Bonchev–Trinajstić information content (AvgIpc) is 2.88. The number of ether oxygens (including phenoxy) is 3. The Morgan fingerprint density at radius 2 is 1.75 bits per heavy atom. The maximum atomic E-state index is 13.3. The predicted molar refractivity (Wildman–Crippen MR) is 139 cm³/mol. The molecule has 0 amide bonds. The third-order valence-electron chi connectivity index (χ3n) is 6.02. The molecule has 0 fully saturated rings. The van der Waals surface area contributed by atoms with Crippen molar-refractivity contribution >= 4 is 15.8 Å². The van der Waals surface area contributed by atoms with Gasteiger partial charge >= 0.3 is 5.97 Å². The zero-order chi connectivity index (χ0) is 26.1. The van der Waals surface area contributed by atoms with E-state index in [0.29, 0.717) is 31.6 Å². The van der Waals surface area contributed by atoms with Gasteiger partial charge in [0.25, 0.3) is 0 Å². The molecule has 0 spiro atoms. The molecule has 0 heterocycles. The fourth-order valence-electron chi connectivity index (χ4n) is 3.80. The van der Waals surface area contributed by atoms with Gasteiger partial charge in [-0.15, -0.1) is 0 Å². The number of rotatable bonds is 12. The Bertz CT molecular complexity index is 1270. The fourth-order valence-corrected chi connectivity index (χ4v) is 5.26. The lowest BCUT2D eigenvalue weighted by Gasteiger charge is -2.19.